The average molecular weight is 530 g/mol. The van der Waals surface area contributed by atoms with Gasteiger partial charge in [-0.1, -0.05) is 62.4 Å². The molecular formula is C33H28FN5O. The van der Waals surface area contributed by atoms with E-state index >= 15 is 0 Å². The number of ketones is 1. The van der Waals surface area contributed by atoms with E-state index in [2.05, 4.69) is 19.9 Å². The third-order valence-electron chi connectivity index (χ3n) is 7.59. The van der Waals surface area contributed by atoms with Gasteiger partial charge < -0.3 is 5.73 Å². The molecule has 1 unspecified atom stereocenters. The van der Waals surface area contributed by atoms with Gasteiger partial charge in [-0.05, 0) is 48.2 Å². The maximum atomic E-state index is 14.0. The first-order valence-electron chi connectivity index (χ1n) is 13.2. The van der Waals surface area contributed by atoms with Crippen molar-refractivity contribution in [3.8, 4) is 23.0 Å². The lowest BCUT2D eigenvalue weighted by Crippen LogP contribution is -2.42. The summed E-state index contributed by atoms with van der Waals surface area (Å²) in [5.74, 6) is -0.880. The Morgan fingerprint density at radius 3 is 2.25 bits per heavy atom. The minimum atomic E-state index is -0.701. The van der Waals surface area contributed by atoms with Gasteiger partial charge in [-0.2, -0.15) is 10.4 Å². The molecule has 0 amide bonds. The molecule has 0 saturated heterocycles. The zero-order valence-electron chi connectivity index (χ0n) is 22.3. The number of nitriles is 1. The zero-order chi connectivity index (χ0) is 28.0. The molecule has 2 heterocycles. The summed E-state index contributed by atoms with van der Waals surface area (Å²) in [6.45, 7) is 4.10. The molecule has 7 heteroatoms. The number of benzene rings is 3. The Kier molecular flexibility index (Phi) is 6.11. The van der Waals surface area contributed by atoms with Crippen molar-refractivity contribution in [1.29, 1.82) is 5.26 Å². The molecule has 0 bridgehead atoms. The molecule has 0 saturated carbocycles. The molecule has 1 atom stereocenters. The van der Waals surface area contributed by atoms with Crippen molar-refractivity contribution in [3.05, 3.63) is 125 Å². The summed E-state index contributed by atoms with van der Waals surface area (Å²) in [7, 11) is 0. The number of carbonyl (C=O) groups excluding carboxylic acids is 1. The smallest absolute Gasteiger partial charge is 0.162 e. The van der Waals surface area contributed by atoms with Crippen LogP contribution in [0.25, 0.3) is 16.9 Å². The van der Waals surface area contributed by atoms with E-state index < -0.39 is 5.92 Å². The van der Waals surface area contributed by atoms with Crippen molar-refractivity contribution in [2.45, 2.75) is 32.6 Å². The molecule has 4 aromatic rings. The van der Waals surface area contributed by atoms with Crippen molar-refractivity contribution < 1.29 is 9.18 Å². The highest BCUT2D eigenvalue weighted by Crippen LogP contribution is 2.51. The number of hydrogen-bond acceptors (Lipinski definition) is 5. The highest BCUT2D eigenvalue weighted by Gasteiger charge is 2.45. The van der Waals surface area contributed by atoms with E-state index in [9.17, 15) is 14.4 Å². The third kappa shape index (κ3) is 4.28. The molecule has 2 aliphatic rings. The lowest BCUT2D eigenvalue weighted by Gasteiger charge is -2.43. The fourth-order valence-corrected chi connectivity index (χ4v) is 5.84. The van der Waals surface area contributed by atoms with Gasteiger partial charge in [-0.25, -0.2) is 9.07 Å². The second-order valence-corrected chi connectivity index (χ2v) is 11.0. The van der Waals surface area contributed by atoms with Crippen LogP contribution in [0, 0.1) is 22.6 Å². The molecular weight excluding hydrogens is 501 g/mol. The number of carbonyl (C=O) groups is 1. The summed E-state index contributed by atoms with van der Waals surface area (Å²) < 4.78 is 15.6. The van der Waals surface area contributed by atoms with Gasteiger partial charge in [0.25, 0.3) is 0 Å². The number of halogens is 1. The van der Waals surface area contributed by atoms with E-state index in [4.69, 9.17) is 10.8 Å². The first-order chi connectivity index (χ1) is 19.3. The Balaban J connectivity index is 1.63. The van der Waals surface area contributed by atoms with Gasteiger partial charge in [0.15, 0.2) is 5.78 Å². The fourth-order valence-electron chi connectivity index (χ4n) is 5.84. The molecule has 0 spiro atoms. The van der Waals surface area contributed by atoms with Gasteiger partial charge >= 0.3 is 0 Å². The largest absolute Gasteiger partial charge is 0.384 e. The monoisotopic (exact) mass is 529 g/mol. The Bertz CT molecular complexity index is 1710. The molecule has 6 rings (SSSR count). The molecule has 1 aliphatic heterocycles. The van der Waals surface area contributed by atoms with Crippen LogP contribution in [-0.2, 0) is 4.79 Å². The van der Waals surface area contributed by atoms with Gasteiger partial charge in [0.2, 0.25) is 0 Å². The van der Waals surface area contributed by atoms with E-state index in [1.54, 1.807) is 21.7 Å². The number of para-hydroxylation sites is 1. The lowest BCUT2D eigenvalue weighted by molar-refractivity contribution is -0.118. The van der Waals surface area contributed by atoms with Gasteiger partial charge in [-0.3, -0.25) is 9.69 Å². The van der Waals surface area contributed by atoms with Crippen molar-refractivity contribution in [2.24, 2.45) is 11.1 Å². The zero-order valence-corrected chi connectivity index (χ0v) is 22.3. The van der Waals surface area contributed by atoms with Crippen LogP contribution in [0.1, 0.15) is 38.2 Å². The van der Waals surface area contributed by atoms with E-state index in [-0.39, 0.29) is 28.4 Å². The summed E-state index contributed by atoms with van der Waals surface area (Å²) in [5.41, 5.74) is 11.8. The molecule has 0 fully saturated rings. The highest BCUT2D eigenvalue weighted by molar-refractivity contribution is 6.02. The van der Waals surface area contributed by atoms with Crippen molar-refractivity contribution >= 4 is 11.5 Å². The summed E-state index contributed by atoms with van der Waals surface area (Å²) in [6, 6.07) is 27.8. The number of hydrogen-bond donors (Lipinski definition) is 1. The molecule has 6 nitrogen and oxygen atoms in total. The summed E-state index contributed by atoms with van der Waals surface area (Å²) in [5, 5.41) is 15.5. The maximum absolute atomic E-state index is 14.0. The minimum Gasteiger partial charge on any atom is -0.384 e. The number of anilines is 1. The van der Waals surface area contributed by atoms with Crippen LogP contribution < -0.4 is 10.6 Å². The molecule has 1 aromatic heterocycles. The molecule has 1 aliphatic carbocycles. The van der Waals surface area contributed by atoms with Crippen LogP contribution in [0.15, 0.2) is 114 Å². The lowest BCUT2D eigenvalue weighted by atomic mass is 9.68. The standard InChI is InChI=1S/C33H28FN5O/c1-33(2)17-27-30(28(40)18-33)29(25(19-35)32(36)39(27)24-15-13-22(34)14-16-24)26-20-38(23-11-7-4-8-12-23)37-31(26)21-9-5-3-6-10-21/h3-16,20,29H,17-18,36H2,1-2H3. The van der Waals surface area contributed by atoms with Gasteiger partial charge in [0.05, 0.1) is 28.9 Å². The van der Waals surface area contributed by atoms with E-state index in [0.717, 1.165) is 22.5 Å². The van der Waals surface area contributed by atoms with E-state index in [1.165, 1.54) is 12.1 Å². The number of Topliss-reactive ketones (excluding diaryl/α,β-unsaturated/α-hetero) is 1. The molecule has 3 aromatic carbocycles. The minimum absolute atomic E-state index is 0.0323. The van der Waals surface area contributed by atoms with Crippen LogP contribution in [0.5, 0.6) is 0 Å². The quantitative estimate of drug-likeness (QED) is 0.321. The summed E-state index contributed by atoms with van der Waals surface area (Å²) in [4.78, 5) is 15.8. The number of nitrogens with two attached hydrogens (primary N) is 1. The topological polar surface area (TPSA) is 87.9 Å². The average Bonchev–Trinajstić information content (AvgIpc) is 3.39. The number of rotatable bonds is 4. The molecule has 198 valence electrons. The van der Waals surface area contributed by atoms with Crippen LogP contribution in [0.3, 0.4) is 0 Å². The normalized spacial score (nSPS) is 18.5. The van der Waals surface area contributed by atoms with Gasteiger partial charge in [0.1, 0.15) is 11.6 Å². The fraction of sp³-hybridized carbons (Fsp3) is 0.182. The van der Waals surface area contributed by atoms with Crippen LogP contribution in [0.2, 0.25) is 0 Å². The van der Waals surface area contributed by atoms with Crippen molar-refractivity contribution in [2.75, 3.05) is 4.90 Å². The third-order valence-corrected chi connectivity index (χ3v) is 7.59. The highest BCUT2D eigenvalue weighted by atomic mass is 19.1. The summed E-state index contributed by atoms with van der Waals surface area (Å²) >= 11 is 0. The van der Waals surface area contributed by atoms with E-state index in [1.807, 2.05) is 66.9 Å². The van der Waals surface area contributed by atoms with Crippen LogP contribution >= 0.6 is 0 Å². The molecule has 0 radical (unpaired) electrons. The predicted molar refractivity (Wildman–Crippen MR) is 152 cm³/mol. The second-order valence-electron chi connectivity index (χ2n) is 11.0. The maximum Gasteiger partial charge on any atom is 0.162 e. The molecule has 40 heavy (non-hydrogen) atoms. The molecule has 2 N–H and O–H groups in total. The first-order valence-corrected chi connectivity index (χ1v) is 13.2. The second kappa shape index (κ2) is 9.65. The Labute approximate surface area is 232 Å². The SMILES string of the molecule is CC1(C)CC(=O)C2=C(C1)N(c1ccc(F)cc1)C(N)=C(C#N)C2c1cn(-c2ccccc2)nc1-c1ccccc1. The Morgan fingerprint density at radius 1 is 0.950 bits per heavy atom. The van der Waals surface area contributed by atoms with E-state index in [0.29, 0.717) is 29.8 Å². The number of nitrogens with zero attached hydrogens (tertiary/aromatic N) is 4. The first kappa shape index (κ1) is 25.3. The number of allylic oxidation sites excluding steroid dienone is 3. The van der Waals surface area contributed by atoms with Crippen LogP contribution in [0.4, 0.5) is 10.1 Å². The van der Waals surface area contributed by atoms with Gasteiger partial charge in [-0.15, -0.1) is 0 Å². The van der Waals surface area contributed by atoms with Gasteiger partial charge in [0, 0.05) is 40.7 Å². The Morgan fingerprint density at radius 2 is 1.60 bits per heavy atom. The predicted octanol–water partition coefficient (Wildman–Crippen LogP) is 6.62. The van der Waals surface area contributed by atoms with Crippen LogP contribution in [-0.4, -0.2) is 15.6 Å². The Hall–Kier alpha value is -4.96. The summed E-state index contributed by atoms with van der Waals surface area (Å²) in [6.07, 6.45) is 2.80. The number of aromatic nitrogens is 2. The van der Waals surface area contributed by atoms with Crippen molar-refractivity contribution in [1.82, 2.24) is 9.78 Å². The van der Waals surface area contributed by atoms with Crippen molar-refractivity contribution in [3.63, 3.8) is 0 Å².